The molecule has 1 heterocycles. The van der Waals surface area contributed by atoms with Gasteiger partial charge in [0, 0.05) is 23.6 Å². The second-order valence-electron chi connectivity index (χ2n) is 7.01. The van der Waals surface area contributed by atoms with E-state index in [9.17, 15) is 9.59 Å². The summed E-state index contributed by atoms with van der Waals surface area (Å²) in [6, 6.07) is 5.44. The molecule has 1 saturated heterocycles. The molecule has 138 valence electrons. The summed E-state index contributed by atoms with van der Waals surface area (Å²) in [4.78, 5) is 26.1. The minimum atomic E-state index is -0.404. The molecule has 1 fully saturated rings. The normalized spacial score (nSPS) is 22.9. The van der Waals surface area contributed by atoms with Crippen LogP contribution in [-0.4, -0.2) is 23.9 Å². The fraction of sp³-hybridized carbons (Fsp3) is 0.400. The molecule has 0 N–H and O–H groups in total. The van der Waals surface area contributed by atoms with Gasteiger partial charge in [0.2, 0.25) is 5.91 Å². The number of amides is 1. The van der Waals surface area contributed by atoms with Gasteiger partial charge in [0.25, 0.3) is 0 Å². The Bertz CT molecular complexity index is 815. The quantitative estimate of drug-likeness (QED) is 0.539. The summed E-state index contributed by atoms with van der Waals surface area (Å²) in [6.07, 6.45) is 6.43. The predicted octanol–water partition coefficient (Wildman–Crippen LogP) is 4.90. The highest BCUT2D eigenvalue weighted by Crippen LogP contribution is 2.51. The molecule has 2 aliphatic rings. The van der Waals surface area contributed by atoms with Gasteiger partial charge in [-0.3, -0.25) is 4.79 Å². The molecule has 1 atom stereocenters. The van der Waals surface area contributed by atoms with E-state index in [1.165, 1.54) is 13.2 Å². The molecule has 3 rings (SSSR count). The summed E-state index contributed by atoms with van der Waals surface area (Å²) in [5, 5.41) is 0.945. The molecule has 1 aliphatic carbocycles. The predicted molar refractivity (Wildman–Crippen MR) is 102 cm³/mol. The summed E-state index contributed by atoms with van der Waals surface area (Å²) in [5.74, 6) is -0.330. The van der Waals surface area contributed by atoms with Crippen molar-refractivity contribution >= 4 is 35.1 Å². The molecule has 1 aliphatic heterocycles. The Labute approximate surface area is 163 Å². The Morgan fingerprint density at radius 2 is 2.15 bits per heavy atom. The summed E-state index contributed by atoms with van der Waals surface area (Å²) in [6.45, 7) is 2.49. The van der Waals surface area contributed by atoms with Crippen molar-refractivity contribution in [2.24, 2.45) is 5.41 Å². The smallest absolute Gasteiger partial charge is 0.330 e. The lowest BCUT2D eigenvalue weighted by molar-refractivity contribution is -0.134. The number of rotatable bonds is 4. The van der Waals surface area contributed by atoms with Crippen molar-refractivity contribution in [1.29, 1.82) is 0 Å². The van der Waals surface area contributed by atoms with Gasteiger partial charge in [0.05, 0.1) is 23.7 Å². The first kappa shape index (κ1) is 19.0. The van der Waals surface area contributed by atoms with Gasteiger partial charge in [-0.25, -0.2) is 4.79 Å². The third kappa shape index (κ3) is 3.53. The number of allylic oxidation sites excluding steroid dienone is 3. The summed E-state index contributed by atoms with van der Waals surface area (Å²) < 4.78 is 4.69. The molecule has 0 bridgehead atoms. The number of benzene rings is 1. The number of halogens is 2. The average Bonchev–Trinajstić information content (AvgIpc) is 2.87. The number of carbonyl (C=O) groups excluding carboxylic acids is 2. The lowest BCUT2D eigenvalue weighted by Gasteiger charge is -2.34. The van der Waals surface area contributed by atoms with Gasteiger partial charge in [-0.2, -0.15) is 0 Å². The topological polar surface area (TPSA) is 46.6 Å². The minimum absolute atomic E-state index is 0.0735. The van der Waals surface area contributed by atoms with Crippen molar-refractivity contribution in [1.82, 2.24) is 4.90 Å². The van der Waals surface area contributed by atoms with E-state index < -0.39 is 5.97 Å². The molecule has 1 unspecified atom stereocenters. The molecule has 0 spiro atoms. The largest absolute Gasteiger partial charge is 0.466 e. The zero-order valence-corrected chi connectivity index (χ0v) is 16.4. The molecule has 1 amide bonds. The van der Waals surface area contributed by atoms with E-state index in [0.29, 0.717) is 23.0 Å². The van der Waals surface area contributed by atoms with Gasteiger partial charge in [-0.05, 0) is 36.5 Å². The maximum absolute atomic E-state index is 12.8. The fourth-order valence-corrected chi connectivity index (χ4v) is 4.31. The molecule has 1 aromatic rings. The van der Waals surface area contributed by atoms with Gasteiger partial charge in [0.15, 0.2) is 0 Å². The highest BCUT2D eigenvalue weighted by molar-refractivity contribution is 6.42. The van der Waals surface area contributed by atoms with Crippen molar-refractivity contribution in [3.05, 3.63) is 57.2 Å². The maximum atomic E-state index is 12.8. The summed E-state index contributed by atoms with van der Waals surface area (Å²) >= 11 is 12.4. The Morgan fingerprint density at radius 1 is 1.38 bits per heavy atom. The van der Waals surface area contributed by atoms with Gasteiger partial charge in [-0.1, -0.05) is 48.3 Å². The van der Waals surface area contributed by atoms with E-state index in [0.717, 1.165) is 36.1 Å². The SMILES string of the molecule is COC(=O)C=CC1=C2N(Cc3cccc(Cl)c3Cl)C(=O)CC2(C)CCC1. The number of nitrogens with zero attached hydrogens (tertiary/aromatic N) is 1. The van der Waals surface area contributed by atoms with Gasteiger partial charge in [0.1, 0.15) is 0 Å². The van der Waals surface area contributed by atoms with Gasteiger partial charge >= 0.3 is 5.97 Å². The molecule has 0 saturated carbocycles. The first-order valence-corrected chi connectivity index (χ1v) is 9.34. The number of esters is 1. The Balaban J connectivity index is 2.01. The number of fused-ring (bicyclic) bond motifs is 1. The second-order valence-corrected chi connectivity index (χ2v) is 7.80. The van der Waals surface area contributed by atoms with Gasteiger partial charge in [-0.15, -0.1) is 0 Å². The molecule has 26 heavy (non-hydrogen) atoms. The molecule has 0 radical (unpaired) electrons. The van der Waals surface area contributed by atoms with Crippen molar-refractivity contribution in [3.8, 4) is 0 Å². The Hall–Kier alpha value is -1.78. The molecule has 6 heteroatoms. The number of hydrogen-bond acceptors (Lipinski definition) is 3. The van der Waals surface area contributed by atoms with Crippen LogP contribution < -0.4 is 0 Å². The van der Waals surface area contributed by atoms with Crippen molar-refractivity contribution in [2.75, 3.05) is 7.11 Å². The van der Waals surface area contributed by atoms with Crippen LogP contribution in [0.5, 0.6) is 0 Å². The summed E-state index contributed by atoms with van der Waals surface area (Å²) in [7, 11) is 1.35. The lowest BCUT2D eigenvalue weighted by atomic mass is 9.74. The molecule has 4 nitrogen and oxygen atoms in total. The number of ether oxygens (including phenoxy) is 1. The van der Waals surface area contributed by atoms with Crippen molar-refractivity contribution in [3.63, 3.8) is 0 Å². The number of carbonyl (C=O) groups is 2. The third-order valence-electron chi connectivity index (χ3n) is 5.14. The molecular weight excluding hydrogens is 373 g/mol. The van der Waals surface area contributed by atoms with E-state index in [-0.39, 0.29) is 11.3 Å². The molecule has 0 aromatic heterocycles. The summed E-state index contributed by atoms with van der Waals surface area (Å²) in [5.41, 5.74) is 2.60. The van der Waals surface area contributed by atoms with Crippen LogP contribution in [0.1, 0.15) is 38.2 Å². The van der Waals surface area contributed by atoms with Crippen LogP contribution in [0.15, 0.2) is 41.6 Å². The average molecular weight is 394 g/mol. The van der Waals surface area contributed by atoms with E-state index in [4.69, 9.17) is 23.2 Å². The zero-order chi connectivity index (χ0) is 18.9. The van der Waals surface area contributed by atoms with Crippen LogP contribution in [-0.2, 0) is 20.9 Å². The molecule has 1 aromatic carbocycles. The van der Waals surface area contributed by atoms with Crippen LogP contribution >= 0.6 is 23.2 Å². The van der Waals surface area contributed by atoms with E-state index in [2.05, 4.69) is 11.7 Å². The Morgan fingerprint density at radius 3 is 2.88 bits per heavy atom. The zero-order valence-electron chi connectivity index (χ0n) is 14.9. The number of likely N-dealkylation sites (tertiary alicyclic amines) is 1. The van der Waals surface area contributed by atoms with E-state index in [1.54, 1.807) is 17.0 Å². The number of methoxy groups -OCH3 is 1. The van der Waals surface area contributed by atoms with Crippen LogP contribution in [0.3, 0.4) is 0 Å². The first-order chi connectivity index (χ1) is 12.4. The van der Waals surface area contributed by atoms with Crippen LogP contribution in [0, 0.1) is 5.41 Å². The van der Waals surface area contributed by atoms with E-state index in [1.807, 2.05) is 12.1 Å². The second kappa shape index (κ2) is 7.45. The maximum Gasteiger partial charge on any atom is 0.330 e. The standard InChI is InChI=1S/C20H21Cl2NO3/c1-20-10-4-6-13(8-9-17(25)26-2)19(20)23(16(24)11-20)12-14-5-3-7-15(21)18(14)22/h3,5,7-9H,4,6,10-12H2,1-2H3. The highest BCUT2D eigenvalue weighted by Gasteiger charge is 2.46. The van der Waals surface area contributed by atoms with Crippen molar-refractivity contribution in [2.45, 2.75) is 39.2 Å². The Kier molecular flexibility index (Phi) is 5.44. The van der Waals surface area contributed by atoms with Gasteiger partial charge < -0.3 is 9.64 Å². The van der Waals surface area contributed by atoms with Crippen molar-refractivity contribution < 1.29 is 14.3 Å². The number of hydrogen-bond donors (Lipinski definition) is 0. The first-order valence-electron chi connectivity index (χ1n) is 8.58. The van der Waals surface area contributed by atoms with Crippen LogP contribution in [0.25, 0.3) is 0 Å². The lowest BCUT2D eigenvalue weighted by Crippen LogP contribution is -2.28. The fourth-order valence-electron chi connectivity index (χ4n) is 3.93. The minimum Gasteiger partial charge on any atom is -0.466 e. The van der Waals surface area contributed by atoms with E-state index >= 15 is 0 Å². The monoisotopic (exact) mass is 393 g/mol. The third-order valence-corrected chi connectivity index (χ3v) is 6.00. The van der Waals surface area contributed by atoms with Crippen LogP contribution in [0.4, 0.5) is 0 Å². The highest BCUT2D eigenvalue weighted by atomic mass is 35.5. The molecular formula is C20H21Cl2NO3. The van der Waals surface area contributed by atoms with Crippen LogP contribution in [0.2, 0.25) is 10.0 Å².